The van der Waals surface area contributed by atoms with Gasteiger partial charge in [-0.05, 0) is 66.3 Å². The van der Waals surface area contributed by atoms with Gasteiger partial charge in [-0.2, -0.15) is 0 Å². The molecule has 17 nitrogen and oxygen atoms in total. The van der Waals surface area contributed by atoms with Crippen molar-refractivity contribution in [1.82, 2.24) is 46.4 Å². The Morgan fingerprint density at radius 2 is 1.71 bits per heavy atom. The first kappa shape index (κ1) is 44.4. The van der Waals surface area contributed by atoms with Gasteiger partial charge in [0.1, 0.15) is 23.9 Å². The van der Waals surface area contributed by atoms with E-state index in [0.29, 0.717) is 48.8 Å². The van der Waals surface area contributed by atoms with Gasteiger partial charge in [-0.3, -0.25) is 28.8 Å². The first-order valence-electron chi connectivity index (χ1n) is 20.1. The topological polar surface area (TPSA) is 216 Å². The van der Waals surface area contributed by atoms with Crippen molar-refractivity contribution in [1.29, 1.82) is 0 Å². The minimum atomic E-state index is -1.24. The second-order valence-electron chi connectivity index (χ2n) is 17.1. The number of nitrogens with one attached hydrogen (secondary N) is 4. The van der Waals surface area contributed by atoms with Crippen LogP contribution in [0.25, 0.3) is 0 Å². The van der Waals surface area contributed by atoms with Gasteiger partial charge in [-0.1, -0.05) is 76.6 Å². The summed E-state index contributed by atoms with van der Waals surface area (Å²) in [5.41, 5.74) is 0.169. The van der Waals surface area contributed by atoms with E-state index in [0.717, 1.165) is 0 Å². The molecule has 3 heterocycles. The van der Waals surface area contributed by atoms with Gasteiger partial charge in [0.05, 0.1) is 43.9 Å². The van der Waals surface area contributed by atoms with Gasteiger partial charge in [0, 0.05) is 19.4 Å². The number of benzene rings is 2. The van der Waals surface area contributed by atoms with Crippen molar-refractivity contribution in [2.45, 2.75) is 116 Å². The van der Waals surface area contributed by atoms with Crippen molar-refractivity contribution in [3.05, 3.63) is 71.5 Å². The Hall–Kier alpha value is -5.71. The Labute approximate surface area is 344 Å². The zero-order valence-electron chi connectivity index (χ0n) is 34.9. The van der Waals surface area contributed by atoms with Gasteiger partial charge < -0.3 is 35.6 Å². The number of ketones is 1. The summed E-state index contributed by atoms with van der Waals surface area (Å²) < 4.78 is 13.6. The van der Waals surface area contributed by atoms with Crippen LogP contribution in [0.3, 0.4) is 0 Å². The molecule has 2 aliphatic rings. The van der Waals surface area contributed by atoms with Crippen LogP contribution in [0.5, 0.6) is 5.75 Å². The summed E-state index contributed by atoms with van der Waals surface area (Å²) in [6.45, 7) is 13.2. The number of carbonyl (C=O) groups is 6. The van der Waals surface area contributed by atoms with Crippen LogP contribution in [0.1, 0.15) is 97.1 Å². The molecule has 4 unspecified atom stereocenters. The SMILES string of the molecule is CCCC(NC(=O)C1CC2CN1C(=O)[C@H](C(C)(C)C)NC(=O)Cc1cccc(c1)OCCCO2)C(=O)C(=O)NCC(=O)NC(c1ccccc1)c1nnnn1C(C)(C)C. The van der Waals surface area contributed by atoms with Crippen LogP contribution >= 0.6 is 0 Å². The highest BCUT2D eigenvalue weighted by Crippen LogP contribution is 2.29. The third-order valence-corrected chi connectivity index (χ3v) is 10.1. The summed E-state index contributed by atoms with van der Waals surface area (Å²) in [6, 6.07) is 12.2. The minimum absolute atomic E-state index is 0.0163. The van der Waals surface area contributed by atoms with Gasteiger partial charge in [0.15, 0.2) is 5.82 Å². The van der Waals surface area contributed by atoms with Crippen LogP contribution in [0.15, 0.2) is 54.6 Å². The highest BCUT2D eigenvalue weighted by atomic mass is 16.5. The van der Waals surface area contributed by atoms with Gasteiger partial charge in [-0.15, -0.1) is 5.10 Å². The molecule has 1 saturated heterocycles. The molecule has 17 heteroatoms. The highest BCUT2D eigenvalue weighted by molar-refractivity contribution is 6.38. The van der Waals surface area contributed by atoms with Crippen molar-refractivity contribution in [2.75, 3.05) is 26.3 Å². The van der Waals surface area contributed by atoms with Crippen molar-refractivity contribution in [2.24, 2.45) is 5.41 Å². The summed E-state index contributed by atoms with van der Waals surface area (Å²) in [7, 11) is 0. The quantitative estimate of drug-likeness (QED) is 0.206. The maximum Gasteiger partial charge on any atom is 0.290 e. The number of aromatic nitrogens is 4. The highest BCUT2D eigenvalue weighted by Gasteiger charge is 2.46. The summed E-state index contributed by atoms with van der Waals surface area (Å²) in [4.78, 5) is 83.4. The number of fused-ring (bicyclic) bond motifs is 4. The lowest BCUT2D eigenvalue weighted by Gasteiger charge is -2.35. The monoisotopic (exact) mass is 815 g/mol. The first-order valence-corrected chi connectivity index (χ1v) is 20.1. The largest absolute Gasteiger partial charge is 0.493 e. The maximum absolute atomic E-state index is 14.4. The molecule has 0 aliphatic carbocycles. The van der Waals surface area contributed by atoms with E-state index >= 15 is 0 Å². The minimum Gasteiger partial charge on any atom is -0.493 e. The molecule has 0 spiro atoms. The zero-order chi connectivity index (χ0) is 42.9. The van der Waals surface area contributed by atoms with Crippen molar-refractivity contribution < 1.29 is 38.2 Å². The van der Waals surface area contributed by atoms with Gasteiger partial charge in [0.2, 0.25) is 29.4 Å². The molecular formula is C42H57N9O8. The van der Waals surface area contributed by atoms with Crippen molar-refractivity contribution in [3.8, 4) is 5.75 Å². The lowest BCUT2D eigenvalue weighted by molar-refractivity contribution is -0.145. The standard InChI is InChI=1S/C42H57N9O8/c1-8-14-30(35(54)39(56)43-24-33(53)45-34(27-16-10-9-11-17-27)37-47-48-49-51(37)42(5,6)7)44-38(55)31-23-29-25-50(31)40(57)36(41(2,3)4)46-32(52)22-26-15-12-18-28(21-26)58-19-13-20-59-29/h9-12,15-18,21,29-31,34,36H,8,13-14,19-20,22-25H2,1-7H3,(H,43,56)(H,44,55)(H,45,53)(H,46,52)/t29?,30?,31?,34?,36-/m1/s1. The molecule has 2 aliphatic heterocycles. The van der Waals surface area contributed by atoms with Crippen molar-refractivity contribution >= 4 is 35.3 Å². The molecule has 59 heavy (non-hydrogen) atoms. The molecule has 1 fully saturated rings. The number of ether oxygens (including phenoxy) is 2. The number of Topliss-reactive ketones (excluding diaryl/α,β-unsaturated/α-hetero) is 1. The average molecular weight is 816 g/mol. The summed E-state index contributed by atoms with van der Waals surface area (Å²) >= 11 is 0. The van der Waals surface area contributed by atoms with Crippen LogP contribution in [-0.2, 0) is 45.5 Å². The van der Waals surface area contributed by atoms with Crippen LogP contribution in [0, 0.1) is 5.41 Å². The summed E-state index contributed by atoms with van der Waals surface area (Å²) in [5, 5.41) is 23.0. The summed E-state index contributed by atoms with van der Waals surface area (Å²) in [6.07, 6.45) is 0.731. The Bertz CT molecular complexity index is 1970. The smallest absolute Gasteiger partial charge is 0.290 e. The molecule has 1 aromatic heterocycles. The Kier molecular flexibility index (Phi) is 14.6. The van der Waals surface area contributed by atoms with E-state index in [1.165, 1.54) is 4.90 Å². The van der Waals surface area contributed by atoms with Crippen molar-refractivity contribution in [3.63, 3.8) is 0 Å². The summed E-state index contributed by atoms with van der Waals surface area (Å²) in [5.74, 6) is -3.08. The molecule has 5 amide bonds. The normalized spacial score (nSPS) is 20.1. The number of hydrogen-bond acceptors (Lipinski definition) is 11. The second kappa shape index (κ2) is 19.4. The third kappa shape index (κ3) is 11.7. The number of hydrogen-bond donors (Lipinski definition) is 4. The molecule has 5 atom stereocenters. The Morgan fingerprint density at radius 1 is 0.966 bits per heavy atom. The van der Waals surface area contributed by atoms with Crippen LogP contribution in [0.2, 0.25) is 0 Å². The molecule has 2 aromatic carbocycles. The molecule has 5 rings (SSSR count). The first-order chi connectivity index (χ1) is 28.0. The lowest BCUT2D eigenvalue weighted by atomic mass is 9.85. The Morgan fingerprint density at radius 3 is 2.41 bits per heavy atom. The molecule has 4 N–H and O–H groups in total. The van der Waals surface area contributed by atoms with E-state index in [1.54, 1.807) is 23.7 Å². The molecule has 0 radical (unpaired) electrons. The van der Waals surface area contributed by atoms with E-state index in [9.17, 15) is 28.8 Å². The van der Waals surface area contributed by atoms with Crippen LogP contribution in [0.4, 0.5) is 0 Å². The van der Waals surface area contributed by atoms with Crippen LogP contribution < -0.4 is 26.0 Å². The third-order valence-electron chi connectivity index (χ3n) is 10.1. The lowest BCUT2D eigenvalue weighted by Crippen LogP contribution is -2.59. The second-order valence-corrected chi connectivity index (χ2v) is 17.1. The Balaban J connectivity index is 1.28. The number of amides is 5. The number of rotatable bonds is 11. The van der Waals surface area contributed by atoms with E-state index in [2.05, 4.69) is 36.8 Å². The number of tetrazole rings is 1. The van der Waals surface area contributed by atoms with Crippen LogP contribution in [-0.4, -0.2) is 111 Å². The fourth-order valence-electron chi connectivity index (χ4n) is 7.10. The van der Waals surface area contributed by atoms with Gasteiger partial charge in [0.25, 0.3) is 5.91 Å². The van der Waals surface area contributed by atoms with E-state index in [-0.39, 0.29) is 31.7 Å². The molecule has 3 aromatic rings. The van der Waals surface area contributed by atoms with E-state index in [1.807, 2.05) is 84.0 Å². The number of carbonyl (C=O) groups excluding carboxylic acids is 6. The predicted molar refractivity (Wildman–Crippen MR) is 216 cm³/mol. The molecule has 318 valence electrons. The van der Waals surface area contributed by atoms with E-state index in [4.69, 9.17) is 9.47 Å². The maximum atomic E-state index is 14.4. The predicted octanol–water partition coefficient (Wildman–Crippen LogP) is 2.15. The van der Waals surface area contributed by atoms with Gasteiger partial charge in [-0.25, -0.2) is 4.68 Å². The average Bonchev–Trinajstić information content (AvgIpc) is 3.86. The molecular weight excluding hydrogens is 759 g/mol. The van der Waals surface area contributed by atoms with E-state index < -0.39 is 77.2 Å². The molecule has 0 saturated carbocycles. The zero-order valence-corrected chi connectivity index (χ0v) is 34.9. The fourth-order valence-corrected chi connectivity index (χ4v) is 7.10. The number of nitrogens with zero attached hydrogens (tertiary/aromatic N) is 5. The fraction of sp³-hybridized carbons (Fsp3) is 0.548. The molecule has 4 bridgehead atoms. The van der Waals surface area contributed by atoms with Gasteiger partial charge >= 0.3 is 0 Å².